The molecule has 1 heterocycles. The van der Waals surface area contributed by atoms with Gasteiger partial charge in [0.15, 0.2) is 5.11 Å². The molecular formula is C6H13N3S. The van der Waals surface area contributed by atoms with E-state index in [1.807, 2.05) is 7.05 Å². The Morgan fingerprint density at radius 2 is 2.10 bits per heavy atom. The molecule has 1 saturated heterocycles. The van der Waals surface area contributed by atoms with Crippen LogP contribution in [0.3, 0.4) is 0 Å². The molecule has 3 nitrogen and oxygen atoms in total. The van der Waals surface area contributed by atoms with Gasteiger partial charge >= 0.3 is 0 Å². The van der Waals surface area contributed by atoms with Gasteiger partial charge in [-0.2, -0.15) is 0 Å². The van der Waals surface area contributed by atoms with Gasteiger partial charge in [-0.25, -0.2) is 0 Å². The van der Waals surface area contributed by atoms with E-state index in [-0.39, 0.29) is 0 Å². The zero-order valence-electron chi connectivity index (χ0n) is 6.18. The SMILES string of the molecule is CNC(=S)N1CCNCC1. The van der Waals surface area contributed by atoms with Gasteiger partial charge in [0, 0.05) is 33.2 Å². The van der Waals surface area contributed by atoms with Gasteiger partial charge in [-0.15, -0.1) is 0 Å². The maximum atomic E-state index is 5.06. The van der Waals surface area contributed by atoms with Gasteiger partial charge in [0.1, 0.15) is 0 Å². The zero-order valence-corrected chi connectivity index (χ0v) is 7.00. The highest BCUT2D eigenvalue weighted by atomic mass is 32.1. The van der Waals surface area contributed by atoms with Crippen LogP contribution in [0.25, 0.3) is 0 Å². The Morgan fingerprint density at radius 3 is 2.60 bits per heavy atom. The first-order valence-corrected chi connectivity index (χ1v) is 3.93. The summed E-state index contributed by atoms with van der Waals surface area (Å²) in [7, 11) is 1.87. The molecule has 0 saturated carbocycles. The normalized spacial score (nSPS) is 18.7. The van der Waals surface area contributed by atoms with Crippen LogP contribution < -0.4 is 10.6 Å². The van der Waals surface area contributed by atoms with Crippen molar-refractivity contribution >= 4 is 17.3 Å². The molecule has 58 valence electrons. The first-order chi connectivity index (χ1) is 4.84. The summed E-state index contributed by atoms with van der Waals surface area (Å²) in [4.78, 5) is 2.17. The lowest BCUT2D eigenvalue weighted by Crippen LogP contribution is -2.49. The Balaban J connectivity index is 2.31. The van der Waals surface area contributed by atoms with Crippen molar-refractivity contribution < 1.29 is 0 Å². The van der Waals surface area contributed by atoms with Gasteiger partial charge in [0.05, 0.1) is 0 Å². The maximum Gasteiger partial charge on any atom is 0.168 e. The molecule has 1 rings (SSSR count). The fourth-order valence-electron chi connectivity index (χ4n) is 1.03. The highest BCUT2D eigenvalue weighted by Gasteiger charge is 2.10. The molecule has 0 aliphatic carbocycles. The van der Waals surface area contributed by atoms with Crippen LogP contribution in [0.4, 0.5) is 0 Å². The molecule has 0 radical (unpaired) electrons. The molecule has 2 N–H and O–H groups in total. The standard InChI is InChI=1S/C6H13N3S/c1-7-6(10)9-4-2-8-3-5-9/h8H,2-5H2,1H3,(H,7,10). The van der Waals surface area contributed by atoms with E-state index in [0.29, 0.717) is 0 Å². The molecule has 0 spiro atoms. The Bertz CT molecular complexity index is 120. The Hall–Kier alpha value is -0.350. The number of thiocarbonyl (C=S) groups is 1. The van der Waals surface area contributed by atoms with Crippen LogP contribution in [0.2, 0.25) is 0 Å². The number of nitrogens with zero attached hydrogens (tertiary/aromatic N) is 1. The van der Waals surface area contributed by atoms with Gasteiger partial charge < -0.3 is 15.5 Å². The third-order valence-corrected chi connectivity index (χ3v) is 2.08. The van der Waals surface area contributed by atoms with Crippen LogP contribution in [-0.4, -0.2) is 43.2 Å². The van der Waals surface area contributed by atoms with Gasteiger partial charge in [0.25, 0.3) is 0 Å². The predicted octanol–water partition coefficient (Wildman–Crippen LogP) is -0.604. The van der Waals surface area contributed by atoms with Crippen molar-refractivity contribution in [2.45, 2.75) is 0 Å². The fourth-order valence-corrected chi connectivity index (χ4v) is 1.21. The third-order valence-electron chi connectivity index (χ3n) is 1.62. The van der Waals surface area contributed by atoms with E-state index in [2.05, 4.69) is 15.5 Å². The van der Waals surface area contributed by atoms with Crippen LogP contribution in [0.15, 0.2) is 0 Å². The van der Waals surface area contributed by atoms with Crippen LogP contribution >= 0.6 is 12.2 Å². The first-order valence-electron chi connectivity index (χ1n) is 3.52. The summed E-state index contributed by atoms with van der Waals surface area (Å²) in [6.07, 6.45) is 0. The van der Waals surface area contributed by atoms with Crippen molar-refractivity contribution in [1.29, 1.82) is 0 Å². The highest BCUT2D eigenvalue weighted by Crippen LogP contribution is 1.91. The molecule has 10 heavy (non-hydrogen) atoms. The van der Waals surface area contributed by atoms with E-state index >= 15 is 0 Å². The molecule has 0 unspecified atom stereocenters. The smallest absolute Gasteiger partial charge is 0.168 e. The highest BCUT2D eigenvalue weighted by molar-refractivity contribution is 7.80. The molecule has 0 bridgehead atoms. The summed E-state index contributed by atoms with van der Waals surface area (Å²) in [5, 5.41) is 7.09. The topological polar surface area (TPSA) is 27.3 Å². The molecule has 0 aromatic heterocycles. The van der Waals surface area contributed by atoms with Gasteiger partial charge in [0.2, 0.25) is 0 Å². The average molecular weight is 159 g/mol. The third kappa shape index (κ3) is 1.82. The van der Waals surface area contributed by atoms with Crippen molar-refractivity contribution in [2.75, 3.05) is 33.2 Å². The van der Waals surface area contributed by atoms with E-state index in [1.165, 1.54) is 0 Å². The molecule has 0 atom stereocenters. The summed E-state index contributed by atoms with van der Waals surface area (Å²) in [6.45, 7) is 4.14. The monoisotopic (exact) mass is 159 g/mol. The van der Waals surface area contributed by atoms with Crippen molar-refractivity contribution in [2.24, 2.45) is 0 Å². The van der Waals surface area contributed by atoms with Gasteiger partial charge in [-0.3, -0.25) is 0 Å². The number of piperazine rings is 1. The summed E-state index contributed by atoms with van der Waals surface area (Å²) in [5.41, 5.74) is 0. The van der Waals surface area contributed by atoms with E-state index in [1.54, 1.807) is 0 Å². The average Bonchev–Trinajstić information content (AvgIpc) is 2.05. The molecule has 0 amide bonds. The summed E-state index contributed by atoms with van der Waals surface area (Å²) in [6, 6.07) is 0. The first kappa shape index (κ1) is 7.75. The molecule has 1 fully saturated rings. The largest absolute Gasteiger partial charge is 0.366 e. The molecule has 4 heteroatoms. The number of nitrogens with one attached hydrogen (secondary N) is 2. The second-order valence-corrected chi connectivity index (χ2v) is 2.68. The van der Waals surface area contributed by atoms with E-state index < -0.39 is 0 Å². The molecule has 0 aromatic rings. The lowest BCUT2D eigenvalue weighted by molar-refractivity contribution is 0.355. The zero-order chi connectivity index (χ0) is 7.40. The lowest BCUT2D eigenvalue weighted by Gasteiger charge is -2.29. The minimum atomic E-state index is 0.863. The van der Waals surface area contributed by atoms with Crippen molar-refractivity contribution in [3.8, 4) is 0 Å². The molecule has 1 aliphatic rings. The number of rotatable bonds is 0. The van der Waals surface area contributed by atoms with E-state index in [9.17, 15) is 0 Å². The minimum absolute atomic E-state index is 0.863. The quantitative estimate of drug-likeness (QED) is 0.461. The number of hydrogen-bond acceptors (Lipinski definition) is 2. The Morgan fingerprint density at radius 1 is 1.50 bits per heavy atom. The molecule has 0 aromatic carbocycles. The minimum Gasteiger partial charge on any atom is -0.366 e. The maximum absolute atomic E-state index is 5.06. The lowest BCUT2D eigenvalue weighted by atomic mass is 10.4. The van der Waals surface area contributed by atoms with Crippen LogP contribution in [0.5, 0.6) is 0 Å². The van der Waals surface area contributed by atoms with Crippen LogP contribution in [-0.2, 0) is 0 Å². The second-order valence-electron chi connectivity index (χ2n) is 2.29. The number of hydrogen-bond donors (Lipinski definition) is 2. The van der Waals surface area contributed by atoms with Gasteiger partial charge in [-0.1, -0.05) is 0 Å². The molecule has 1 aliphatic heterocycles. The second kappa shape index (κ2) is 3.73. The van der Waals surface area contributed by atoms with Crippen molar-refractivity contribution in [3.63, 3.8) is 0 Å². The molecular weight excluding hydrogens is 146 g/mol. The Kier molecular flexibility index (Phi) is 2.89. The van der Waals surface area contributed by atoms with Gasteiger partial charge in [-0.05, 0) is 12.2 Å². The predicted molar refractivity (Wildman–Crippen MR) is 46.1 cm³/mol. The van der Waals surface area contributed by atoms with E-state index in [0.717, 1.165) is 31.3 Å². The Labute approximate surface area is 66.8 Å². The summed E-state index contributed by atoms with van der Waals surface area (Å²) < 4.78 is 0. The van der Waals surface area contributed by atoms with Crippen LogP contribution in [0.1, 0.15) is 0 Å². The van der Waals surface area contributed by atoms with Crippen molar-refractivity contribution in [1.82, 2.24) is 15.5 Å². The van der Waals surface area contributed by atoms with E-state index in [4.69, 9.17) is 12.2 Å². The fraction of sp³-hybridized carbons (Fsp3) is 0.833. The summed E-state index contributed by atoms with van der Waals surface area (Å²) in [5.74, 6) is 0. The van der Waals surface area contributed by atoms with Crippen molar-refractivity contribution in [3.05, 3.63) is 0 Å². The van der Waals surface area contributed by atoms with Crippen LogP contribution in [0, 0.1) is 0 Å². The summed E-state index contributed by atoms with van der Waals surface area (Å²) >= 11 is 5.06.